The Morgan fingerprint density at radius 1 is 0.500 bits per heavy atom. The van der Waals surface area contributed by atoms with E-state index >= 15 is 0 Å². The van der Waals surface area contributed by atoms with Gasteiger partial charge in [-0.05, 0) is 36.4 Å². The Kier molecular flexibility index (Phi) is 5.74. The van der Waals surface area contributed by atoms with E-state index in [0.717, 1.165) is 5.69 Å². The first-order valence-electron chi connectivity index (χ1n) is 6.43. The lowest BCUT2D eigenvalue weighted by molar-refractivity contribution is 1.41. The molecule has 0 radical (unpaired) electrons. The van der Waals surface area contributed by atoms with Crippen LogP contribution < -0.4 is 5.73 Å². The van der Waals surface area contributed by atoms with E-state index in [1.54, 1.807) is 11.8 Å². The van der Waals surface area contributed by atoms with E-state index in [-0.39, 0.29) is 0 Å². The molecule has 3 rings (SSSR count). The lowest BCUT2D eigenvalue weighted by Crippen LogP contribution is -1.79. The molecule has 0 aliphatic carbocycles. The summed E-state index contributed by atoms with van der Waals surface area (Å²) in [6.45, 7) is 0. The van der Waals surface area contributed by atoms with E-state index < -0.39 is 0 Å². The van der Waals surface area contributed by atoms with Gasteiger partial charge in [0, 0.05) is 15.5 Å². The molecule has 0 saturated carbocycles. The Bertz CT molecular complexity index is 557. The van der Waals surface area contributed by atoms with Crippen LogP contribution in [0.25, 0.3) is 0 Å². The normalized spacial score (nSPS) is 9.40. The number of hydrogen-bond donors (Lipinski definition) is 1. The maximum absolute atomic E-state index is 5.36. The van der Waals surface area contributed by atoms with Gasteiger partial charge in [-0.15, -0.1) is 0 Å². The van der Waals surface area contributed by atoms with Crippen molar-refractivity contribution in [3.63, 3.8) is 0 Å². The molecule has 2 N–H and O–H groups in total. The van der Waals surface area contributed by atoms with Crippen LogP contribution in [0.4, 0.5) is 5.69 Å². The first-order valence-corrected chi connectivity index (χ1v) is 7.25. The molecular weight excluding hydrogens is 262 g/mol. The predicted octanol–water partition coefficient (Wildman–Crippen LogP) is 5.11. The summed E-state index contributed by atoms with van der Waals surface area (Å²) in [5.41, 5.74) is 6.18. The van der Waals surface area contributed by atoms with Gasteiger partial charge >= 0.3 is 0 Å². The van der Waals surface area contributed by atoms with E-state index in [1.807, 2.05) is 42.5 Å². The van der Waals surface area contributed by atoms with Crippen molar-refractivity contribution in [1.29, 1.82) is 0 Å². The molecule has 0 aromatic heterocycles. The highest BCUT2D eigenvalue weighted by Crippen LogP contribution is 2.26. The van der Waals surface area contributed by atoms with Gasteiger partial charge in [0.05, 0.1) is 0 Å². The number of benzene rings is 3. The van der Waals surface area contributed by atoms with Crippen LogP contribution in [0, 0.1) is 0 Å². The second-order valence-corrected chi connectivity index (χ2v) is 5.29. The van der Waals surface area contributed by atoms with Crippen LogP contribution in [0.15, 0.2) is 101 Å². The van der Waals surface area contributed by atoms with Crippen molar-refractivity contribution in [3.8, 4) is 0 Å². The van der Waals surface area contributed by atoms with Crippen molar-refractivity contribution < 1.29 is 0 Å². The molecule has 0 spiro atoms. The number of hydrogen-bond acceptors (Lipinski definition) is 2. The second kappa shape index (κ2) is 8.08. The molecule has 100 valence electrons. The molecule has 0 unspecified atom stereocenters. The molecule has 0 amide bonds. The molecule has 3 aromatic rings. The quantitative estimate of drug-likeness (QED) is 0.660. The first-order chi connectivity index (χ1) is 9.84. The number of para-hydroxylation sites is 1. The minimum atomic E-state index is 0.822. The molecule has 0 aliphatic rings. The molecule has 0 aliphatic heterocycles. The van der Waals surface area contributed by atoms with Crippen molar-refractivity contribution in [1.82, 2.24) is 0 Å². The molecular formula is C18H17NS. The Hall–Kier alpha value is -2.19. The number of anilines is 1. The van der Waals surface area contributed by atoms with Gasteiger partial charge in [0.25, 0.3) is 0 Å². The maximum Gasteiger partial charge on any atom is 0.0313 e. The minimum Gasteiger partial charge on any atom is -0.399 e. The summed E-state index contributed by atoms with van der Waals surface area (Å²) in [7, 11) is 0. The molecule has 1 nitrogen and oxygen atoms in total. The Balaban J connectivity index is 0.000000178. The summed E-state index contributed by atoms with van der Waals surface area (Å²) in [5.74, 6) is 0. The summed E-state index contributed by atoms with van der Waals surface area (Å²) in [6, 6.07) is 30.3. The lowest BCUT2D eigenvalue weighted by atomic mass is 10.3. The van der Waals surface area contributed by atoms with Crippen LogP contribution in [-0.4, -0.2) is 0 Å². The average molecular weight is 279 g/mol. The van der Waals surface area contributed by atoms with Crippen molar-refractivity contribution in [2.45, 2.75) is 9.79 Å². The molecule has 0 saturated heterocycles. The Morgan fingerprint density at radius 2 is 0.850 bits per heavy atom. The van der Waals surface area contributed by atoms with Crippen LogP contribution in [0.2, 0.25) is 0 Å². The topological polar surface area (TPSA) is 26.0 Å². The fourth-order valence-corrected chi connectivity index (χ4v) is 2.42. The van der Waals surface area contributed by atoms with Gasteiger partial charge in [0.1, 0.15) is 0 Å². The van der Waals surface area contributed by atoms with Gasteiger partial charge in [-0.1, -0.05) is 66.4 Å². The Morgan fingerprint density at radius 3 is 1.15 bits per heavy atom. The minimum absolute atomic E-state index is 0.822. The summed E-state index contributed by atoms with van der Waals surface area (Å²) in [4.78, 5) is 2.57. The van der Waals surface area contributed by atoms with Crippen molar-refractivity contribution in [2.24, 2.45) is 0 Å². The summed E-state index contributed by atoms with van der Waals surface area (Å²) in [6.07, 6.45) is 0. The van der Waals surface area contributed by atoms with E-state index in [2.05, 4.69) is 48.5 Å². The van der Waals surface area contributed by atoms with E-state index in [0.29, 0.717) is 0 Å². The monoisotopic (exact) mass is 279 g/mol. The van der Waals surface area contributed by atoms with E-state index in [4.69, 9.17) is 5.73 Å². The van der Waals surface area contributed by atoms with Crippen molar-refractivity contribution in [2.75, 3.05) is 5.73 Å². The molecule has 0 atom stereocenters. The zero-order chi connectivity index (χ0) is 14.0. The molecule has 2 heteroatoms. The highest BCUT2D eigenvalue weighted by molar-refractivity contribution is 7.99. The summed E-state index contributed by atoms with van der Waals surface area (Å²) >= 11 is 1.79. The molecule has 3 aromatic carbocycles. The largest absolute Gasteiger partial charge is 0.399 e. The SMILES string of the molecule is Nc1ccccc1.c1ccc(Sc2ccccc2)cc1. The summed E-state index contributed by atoms with van der Waals surface area (Å²) < 4.78 is 0. The summed E-state index contributed by atoms with van der Waals surface area (Å²) in [5, 5.41) is 0. The third kappa shape index (κ3) is 5.21. The van der Waals surface area contributed by atoms with Crippen LogP contribution in [0.5, 0.6) is 0 Å². The zero-order valence-corrected chi connectivity index (χ0v) is 12.0. The zero-order valence-electron chi connectivity index (χ0n) is 11.1. The van der Waals surface area contributed by atoms with Crippen LogP contribution in [-0.2, 0) is 0 Å². The standard InChI is InChI=1S/C12H10S.C6H7N/c1-3-7-11(8-4-1)13-12-9-5-2-6-10-12;7-6-4-2-1-3-5-6/h1-10H;1-5H,7H2. The number of nitrogen functional groups attached to an aromatic ring is 1. The van der Waals surface area contributed by atoms with Gasteiger partial charge in [0.15, 0.2) is 0 Å². The third-order valence-electron chi connectivity index (χ3n) is 2.52. The smallest absolute Gasteiger partial charge is 0.0313 e. The average Bonchev–Trinajstić information content (AvgIpc) is 2.51. The van der Waals surface area contributed by atoms with Crippen LogP contribution >= 0.6 is 11.8 Å². The first kappa shape index (κ1) is 14.2. The van der Waals surface area contributed by atoms with E-state index in [1.165, 1.54) is 9.79 Å². The van der Waals surface area contributed by atoms with Crippen LogP contribution in [0.3, 0.4) is 0 Å². The Labute approximate surface area is 124 Å². The van der Waals surface area contributed by atoms with Gasteiger partial charge in [-0.3, -0.25) is 0 Å². The second-order valence-electron chi connectivity index (χ2n) is 4.14. The fraction of sp³-hybridized carbons (Fsp3) is 0. The molecule has 0 heterocycles. The molecule has 20 heavy (non-hydrogen) atoms. The number of nitrogens with two attached hydrogens (primary N) is 1. The fourth-order valence-electron chi connectivity index (χ4n) is 1.57. The van der Waals surface area contributed by atoms with Crippen molar-refractivity contribution in [3.05, 3.63) is 91.0 Å². The van der Waals surface area contributed by atoms with E-state index in [9.17, 15) is 0 Å². The predicted molar refractivity (Wildman–Crippen MR) is 87.9 cm³/mol. The third-order valence-corrected chi connectivity index (χ3v) is 3.54. The lowest BCUT2D eigenvalue weighted by Gasteiger charge is -1.99. The van der Waals surface area contributed by atoms with Crippen LogP contribution in [0.1, 0.15) is 0 Å². The van der Waals surface area contributed by atoms with Gasteiger partial charge in [-0.25, -0.2) is 0 Å². The van der Waals surface area contributed by atoms with Gasteiger partial charge in [-0.2, -0.15) is 0 Å². The molecule has 0 bridgehead atoms. The maximum atomic E-state index is 5.36. The highest BCUT2D eigenvalue weighted by Gasteiger charge is 1.93. The number of rotatable bonds is 2. The van der Waals surface area contributed by atoms with Crippen molar-refractivity contribution >= 4 is 17.4 Å². The highest BCUT2D eigenvalue weighted by atomic mass is 32.2. The van der Waals surface area contributed by atoms with Gasteiger partial charge < -0.3 is 5.73 Å². The van der Waals surface area contributed by atoms with Gasteiger partial charge in [0.2, 0.25) is 0 Å². The molecule has 0 fully saturated rings.